The number of rotatable bonds is 7. The van der Waals surface area contributed by atoms with Crippen LogP contribution in [0.1, 0.15) is 36.3 Å². The van der Waals surface area contributed by atoms with Crippen LogP contribution in [0.5, 0.6) is 0 Å². The summed E-state index contributed by atoms with van der Waals surface area (Å²) < 4.78 is 14.6. The molecular formula is C16H21FN4O2. The van der Waals surface area contributed by atoms with Gasteiger partial charge in [0.15, 0.2) is 5.69 Å². The summed E-state index contributed by atoms with van der Waals surface area (Å²) >= 11 is 0. The molecule has 0 spiro atoms. The number of carbonyl (C=O) groups excluding carboxylic acids is 1. The second-order valence-electron chi connectivity index (χ2n) is 5.83. The molecule has 23 heavy (non-hydrogen) atoms. The lowest BCUT2D eigenvalue weighted by Crippen LogP contribution is -2.29. The molecule has 1 heterocycles. The maximum atomic E-state index is 13.1. The van der Waals surface area contributed by atoms with Gasteiger partial charge in [0.25, 0.3) is 5.91 Å². The van der Waals surface area contributed by atoms with E-state index in [4.69, 9.17) is 0 Å². The number of nitrogens with zero attached hydrogens (tertiary/aromatic N) is 3. The standard InChI is InChI=1S/C16H21FN4O2/c1-11(6-12(2)22)8-18-16(23)15-10-21(20-19-15)9-13-4-3-5-14(17)7-13/h3-5,7,10-12,22H,6,8-9H2,1-2H3,(H,18,23). The molecule has 0 saturated carbocycles. The van der Waals surface area contributed by atoms with Crippen LogP contribution in [0.4, 0.5) is 4.39 Å². The first-order valence-electron chi connectivity index (χ1n) is 7.55. The molecule has 6 nitrogen and oxygen atoms in total. The fourth-order valence-electron chi connectivity index (χ4n) is 2.33. The molecule has 124 valence electrons. The first-order chi connectivity index (χ1) is 10.9. The normalized spacial score (nSPS) is 13.6. The molecule has 2 atom stereocenters. The lowest BCUT2D eigenvalue weighted by Gasteiger charge is -2.13. The van der Waals surface area contributed by atoms with Gasteiger partial charge in [0.1, 0.15) is 5.82 Å². The van der Waals surface area contributed by atoms with Crippen molar-refractivity contribution in [3.8, 4) is 0 Å². The van der Waals surface area contributed by atoms with Crippen molar-refractivity contribution in [3.05, 3.63) is 47.5 Å². The van der Waals surface area contributed by atoms with Crippen LogP contribution in [0, 0.1) is 11.7 Å². The highest BCUT2D eigenvalue weighted by atomic mass is 19.1. The Morgan fingerprint density at radius 1 is 1.43 bits per heavy atom. The minimum absolute atomic E-state index is 0.168. The molecule has 0 aliphatic rings. The number of aliphatic hydroxyl groups is 1. The third kappa shape index (κ3) is 5.45. The summed E-state index contributed by atoms with van der Waals surface area (Å²) in [6.07, 6.45) is 1.75. The highest BCUT2D eigenvalue weighted by molar-refractivity contribution is 5.91. The van der Waals surface area contributed by atoms with E-state index in [0.717, 1.165) is 5.56 Å². The zero-order chi connectivity index (χ0) is 16.8. The first-order valence-corrected chi connectivity index (χ1v) is 7.55. The van der Waals surface area contributed by atoms with E-state index in [1.165, 1.54) is 23.0 Å². The monoisotopic (exact) mass is 320 g/mol. The van der Waals surface area contributed by atoms with Crippen molar-refractivity contribution < 1.29 is 14.3 Å². The molecule has 2 aromatic rings. The van der Waals surface area contributed by atoms with Crippen LogP contribution in [0.15, 0.2) is 30.5 Å². The predicted molar refractivity (Wildman–Crippen MR) is 83.3 cm³/mol. The number of carbonyl (C=O) groups is 1. The number of aromatic nitrogens is 3. The van der Waals surface area contributed by atoms with Gasteiger partial charge in [0.05, 0.1) is 18.8 Å². The van der Waals surface area contributed by atoms with Gasteiger partial charge in [-0.25, -0.2) is 9.07 Å². The SMILES string of the molecule is CC(O)CC(C)CNC(=O)c1cn(Cc2cccc(F)c2)nn1. The van der Waals surface area contributed by atoms with Gasteiger partial charge < -0.3 is 10.4 Å². The number of nitrogens with one attached hydrogen (secondary N) is 1. The Hall–Kier alpha value is -2.28. The number of benzene rings is 1. The Morgan fingerprint density at radius 2 is 2.22 bits per heavy atom. The smallest absolute Gasteiger partial charge is 0.273 e. The Morgan fingerprint density at radius 3 is 2.91 bits per heavy atom. The van der Waals surface area contributed by atoms with E-state index in [1.807, 2.05) is 6.92 Å². The van der Waals surface area contributed by atoms with E-state index in [-0.39, 0.29) is 23.3 Å². The second kappa shape index (κ2) is 7.82. The van der Waals surface area contributed by atoms with Gasteiger partial charge in [0.2, 0.25) is 0 Å². The zero-order valence-corrected chi connectivity index (χ0v) is 13.2. The van der Waals surface area contributed by atoms with Crippen LogP contribution >= 0.6 is 0 Å². The number of amides is 1. The van der Waals surface area contributed by atoms with Gasteiger partial charge >= 0.3 is 0 Å². The molecule has 0 radical (unpaired) electrons. The Balaban J connectivity index is 1.89. The minimum Gasteiger partial charge on any atom is -0.393 e. The van der Waals surface area contributed by atoms with Crippen LogP contribution in [-0.4, -0.2) is 38.7 Å². The average molecular weight is 320 g/mol. The average Bonchev–Trinajstić information content (AvgIpc) is 2.92. The molecule has 0 bridgehead atoms. The van der Waals surface area contributed by atoms with Crippen LogP contribution in [-0.2, 0) is 6.54 Å². The van der Waals surface area contributed by atoms with Gasteiger partial charge in [-0.1, -0.05) is 24.3 Å². The van der Waals surface area contributed by atoms with Gasteiger partial charge in [-0.3, -0.25) is 4.79 Å². The van der Waals surface area contributed by atoms with Gasteiger partial charge in [-0.2, -0.15) is 0 Å². The third-order valence-corrected chi connectivity index (χ3v) is 3.36. The maximum Gasteiger partial charge on any atom is 0.273 e. The molecule has 0 saturated heterocycles. The van der Waals surface area contributed by atoms with Crippen LogP contribution in [0.2, 0.25) is 0 Å². The van der Waals surface area contributed by atoms with Gasteiger partial charge in [-0.05, 0) is 37.0 Å². The molecule has 0 fully saturated rings. The molecule has 1 aromatic carbocycles. The predicted octanol–water partition coefficient (Wildman–Crippen LogP) is 1.60. The number of hydrogen-bond acceptors (Lipinski definition) is 4. The van der Waals surface area contributed by atoms with Gasteiger partial charge in [0, 0.05) is 6.54 Å². The molecule has 0 aliphatic heterocycles. The van der Waals surface area contributed by atoms with Crippen LogP contribution in [0.25, 0.3) is 0 Å². The van der Waals surface area contributed by atoms with E-state index in [1.54, 1.807) is 19.1 Å². The third-order valence-electron chi connectivity index (χ3n) is 3.36. The summed E-state index contributed by atoms with van der Waals surface area (Å²) in [6, 6.07) is 6.19. The van der Waals surface area contributed by atoms with E-state index in [0.29, 0.717) is 19.5 Å². The van der Waals surface area contributed by atoms with E-state index in [9.17, 15) is 14.3 Å². The summed E-state index contributed by atoms with van der Waals surface area (Å²) in [5, 5.41) is 19.8. The molecular weight excluding hydrogens is 299 g/mol. The quantitative estimate of drug-likeness (QED) is 0.812. The Labute approximate surface area is 134 Å². The number of halogens is 1. The van der Waals surface area contributed by atoms with E-state index in [2.05, 4.69) is 15.6 Å². The molecule has 1 aromatic heterocycles. The Kier molecular flexibility index (Phi) is 5.81. The van der Waals surface area contributed by atoms with Crippen molar-refractivity contribution in [1.82, 2.24) is 20.3 Å². The Bertz CT molecular complexity index is 657. The van der Waals surface area contributed by atoms with Crippen molar-refractivity contribution >= 4 is 5.91 Å². The summed E-state index contributed by atoms with van der Waals surface area (Å²) in [6.45, 7) is 4.47. The van der Waals surface area contributed by atoms with Crippen molar-refractivity contribution in [3.63, 3.8) is 0 Å². The fourth-order valence-corrected chi connectivity index (χ4v) is 2.33. The number of hydrogen-bond donors (Lipinski definition) is 2. The summed E-state index contributed by atoms with van der Waals surface area (Å²) in [5.41, 5.74) is 0.957. The van der Waals surface area contributed by atoms with Gasteiger partial charge in [-0.15, -0.1) is 5.10 Å². The first kappa shape index (κ1) is 17.1. The molecule has 2 N–H and O–H groups in total. The molecule has 2 unspecified atom stereocenters. The summed E-state index contributed by atoms with van der Waals surface area (Å²) in [4.78, 5) is 12.0. The molecule has 2 rings (SSSR count). The topological polar surface area (TPSA) is 80.0 Å². The van der Waals surface area contributed by atoms with Crippen molar-refractivity contribution in [1.29, 1.82) is 0 Å². The van der Waals surface area contributed by atoms with Crippen molar-refractivity contribution in [2.75, 3.05) is 6.54 Å². The van der Waals surface area contributed by atoms with E-state index < -0.39 is 6.10 Å². The fraction of sp³-hybridized carbons (Fsp3) is 0.438. The lowest BCUT2D eigenvalue weighted by molar-refractivity contribution is 0.0934. The highest BCUT2D eigenvalue weighted by Gasteiger charge is 2.13. The molecule has 1 amide bonds. The molecule has 0 aliphatic carbocycles. The summed E-state index contributed by atoms with van der Waals surface area (Å²) in [7, 11) is 0. The maximum absolute atomic E-state index is 13.1. The largest absolute Gasteiger partial charge is 0.393 e. The van der Waals surface area contributed by atoms with Crippen molar-refractivity contribution in [2.24, 2.45) is 5.92 Å². The molecule has 7 heteroatoms. The highest BCUT2D eigenvalue weighted by Crippen LogP contribution is 2.07. The zero-order valence-electron chi connectivity index (χ0n) is 13.2. The van der Waals surface area contributed by atoms with Crippen LogP contribution < -0.4 is 5.32 Å². The van der Waals surface area contributed by atoms with E-state index >= 15 is 0 Å². The number of aliphatic hydroxyl groups excluding tert-OH is 1. The van der Waals surface area contributed by atoms with Crippen molar-refractivity contribution in [2.45, 2.75) is 32.9 Å². The second-order valence-corrected chi connectivity index (χ2v) is 5.83. The van der Waals surface area contributed by atoms with Crippen LogP contribution in [0.3, 0.4) is 0 Å². The lowest BCUT2D eigenvalue weighted by atomic mass is 10.0. The minimum atomic E-state index is -0.394. The summed E-state index contributed by atoms with van der Waals surface area (Å²) in [5.74, 6) is -0.457.